The van der Waals surface area contributed by atoms with Gasteiger partial charge in [-0.2, -0.15) is 0 Å². The van der Waals surface area contributed by atoms with Crippen LogP contribution in [0.25, 0.3) is 20.8 Å². The monoisotopic (exact) mass is 649 g/mol. The van der Waals surface area contributed by atoms with Gasteiger partial charge in [0.25, 0.3) is 5.91 Å². The van der Waals surface area contributed by atoms with Crippen LogP contribution in [0.1, 0.15) is 27.9 Å². The molecule has 0 N–H and O–H groups in total. The molecule has 240 valence electrons. The minimum atomic E-state index is -0.530. The molecule has 10 heteroatoms. The summed E-state index contributed by atoms with van der Waals surface area (Å²) in [5.41, 5.74) is 4.05. The summed E-state index contributed by atoms with van der Waals surface area (Å²) in [6.07, 6.45) is 4.09. The number of pyridine rings is 2. The molecule has 5 aromatic rings. The molecule has 2 aliphatic rings. The maximum atomic E-state index is 15.2. The van der Waals surface area contributed by atoms with Gasteiger partial charge in [0, 0.05) is 88.6 Å². The van der Waals surface area contributed by atoms with Gasteiger partial charge >= 0.3 is 0 Å². The van der Waals surface area contributed by atoms with Gasteiger partial charge in [0.05, 0.1) is 20.8 Å². The van der Waals surface area contributed by atoms with Crippen molar-refractivity contribution in [3.05, 3.63) is 108 Å². The van der Waals surface area contributed by atoms with E-state index >= 15 is 4.39 Å². The van der Waals surface area contributed by atoms with Crippen LogP contribution in [0, 0.1) is 11.7 Å². The lowest BCUT2D eigenvalue weighted by Gasteiger charge is -2.39. The van der Waals surface area contributed by atoms with E-state index in [9.17, 15) is 9.59 Å². The molecule has 0 atom stereocenters. The number of amides is 1. The Morgan fingerprint density at radius 3 is 2.45 bits per heavy atom. The highest BCUT2D eigenvalue weighted by Gasteiger charge is 2.32. The molecular formula is C37H36FN5O3S. The summed E-state index contributed by atoms with van der Waals surface area (Å²) in [7, 11) is 2.16. The number of Topliss-reactive ketones (excluding diaryl/α,β-unsaturated/α-hetero) is 1. The molecule has 3 aromatic heterocycles. The number of aromatic nitrogens is 2. The first-order chi connectivity index (χ1) is 22.9. The Kier molecular flexibility index (Phi) is 9.06. The molecule has 5 heterocycles. The highest BCUT2D eigenvalue weighted by molar-refractivity contribution is 7.22. The Labute approximate surface area is 277 Å². The number of likely N-dealkylation sites (N-methyl/N-ethyl adjacent to an activating group) is 1. The van der Waals surface area contributed by atoms with Crippen molar-refractivity contribution in [2.75, 3.05) is 46.3 Å². The van der Waals surface area contributed by atoms with Crippen molar-refractivity contribution >= 4 is 33.2 Å². The van der Waals surface area contributed by atoms with Crippen LogP contribution in [0.3, 0.4) is 0 Å². The zero-order valence-corrected chi connectivity index (χ0v) is 27.1. The Balaban J connectivity index is 0.953. The third-order valence-corrected chi connectivity index (χ3v) is 10.0. The molecule has 2 fully saturated rings. The highest BCUT2D eigenvalue weighted by atomic mass is 32.1. The van der Waals surface area contributed by atoms with E-state index in [0.29, 0.717) is 36.4 Å². The van der Waals surface area contributed by atoms with Gasteiger partial charge in [-0.25, -0.2) is 4.39 Å². The SMILES string of the molecule is CN1CCN(Cc2ccc(-c3cc4nccc(Oc5ccc(CC(=O)CC6CN(C(=O)c7ccccc7)C6)cc5F)c4s3)nc2)CC1. The first-order valence-electron chi connectivity index (χ1n) is 15.9. The normalized spacial score (nSPS) is 15.9. The third-order valence-electron chi connectivity index (χ3n) is 8.85. The number of benzene rings is 2. The predicted molar refractivity (Wildman–Crippen MR) is 181 cm³/mol. The molecule has 8 nitrogen and oxygen atoms in total. The molecule has 0 aliphatic carbocycles. The maximum absolute atomic E-state index is 15.2. The number of rotatable bonds is 10. The van der Waals surface area contributed by atoms with E-state index in [0.717, 1.165) is 53.5 Å². The summed E-state index contributed by atoms with van der Waals surface area (Å²) in [4.78, 5) is 42.1. The van der Waals surface area contributed by atoms with Crippen molar-refractivity contribution in [2.24, 2.45) is 5.92 Å². The molecule has 1 amide bonds. The van der Waals surface area contributed by atoms with Crippen LogP contribution in [0.2, 0.25) is 0 Å². The zero-order chi connectivity index (χ0) is 32.3. The lowest BCUT2D eigenvalue weighted by molar-refractivity contribution is -0.120. The average Bonchev–Trinajstić information content (AvgIpc) is 3.51. The van der Waals surface area contributed by atoms with Gasteiger partial charge in [-0.1, -0.05) is 30.3 Å². The number of carbonyl (C=O) groups excluding carboxylic acids is 2. The summed E-state index contributed by atoms with van der Waals surface area (Å²) < 4.78 is 22.1. The van der Waals surface area contributed by atoms with Crippen LogP contribution in [0.4, 0.5) is 4.39 Å². The lowest BCUT2D eigenvalue weighted by Crippen LogP contribution is -2.50. The molecule has 0 unspecified atom stereocenters. The number of piperazine rings is 1. The number of likely N-dealkylation sites (tertiary alicyclic amines) is 1. The molecule has 2 saturated heterocycles. The quantitative estimate of drug-likeness (QED) is 0.176. The number of ketones is 1. The van der Waals surface area contributed by atoms with Crippen molar-refractivity contribution in [1.29, 1.82) is 0 Å². The average molecular weight is 650 g/mol. The van der Waals surface area contributed by atoms with Crippen molar-refractivity contribution in [2.45, 2.75) is 19.4 Å². The van der Waals surface area contributed by atoms with Gasteiger partial charge in [0.2, 0.25) is 0 Å². The second-order valence-electron chi connectivity index (χ2n) is 12.5. The van der Waals surface area contributed by atoms with Crippen LogP contribution in [0.15, 0.2) is 85.2 Å². The number of ether oxygens (including phenoxy) is 1. The van der Waals surface area contributed by atoms with Gasteiger partial charge in [0.1, 0.15) is 11.5 Å². The number of halogens is 1. The van der Waals surface area contributed by atoms with Crippen LogP contribution in [-0.2, 0) is 17.8 Å². The molecule has 2 aliphatic heterocycles. The minimum Gasteiger partial charge on any atom is -0.453 e. The van der Waals surface area contributed by atoms with Crippen molar-refractivity contribution in [1.82, 2.24) is 24.7 Å². The van der Waals surface area contributed by atoms with E-state index in [-0.39, 0.29) is 29.8 Å². The van der Waals surface area contributed by atoms with Crippen molar-refractivity contribution in [3.63, 3.8) is 0 Å². The molecule has 47 heavy (non-hydrogen) atoms. The summed E-state index contributed by atoms with van der Waals surface area (Å²) in [5.74, 6) is 0.211. The lowest BCUT2D eigenvalue weighted by atomic mass is 9.91. The Bertz CT molecular complexity index is 1880. The largest absolute Gasteiger partial charge is 0.453 e. The fourth-order valence-corrected chi connectivity index (χ4v) is 7.20. The Morgan fingerprint density at radius 1 is 0.915 bits per heavy atom. The summed E-state index contributed by atoms with van der Waals surface area (Å²) in [5, 5.41) is 0. The van der Waals surface area contributed by atoms with Gasteiger partial charge in [-0.05, 0) is 54.6 Å². The van der Waals surface area contributed by atoms with Crippen LogP contribution in [-0.4, -0.2) is 82.7 Å². The molecule has 0 saturated carbocycles. The molecule has 0 bridgehead atoms. The van der Waals surface area contributed by atoms with E-state index in [1.54, 1.807) is 41.4 Å². The highest BCUT2D eigenvalue weighted by Crippen LogP contribution is 2.39. The van der Waals surface area contributed by atoms with Gasteiger partial charge in [0.15, 0.2) is 11.6 Å². The summed E-state index contributed by atoms with van der Waals surface area (Å²) >= 11 is 1.51. The van der Waals surface area contributed by atoms with E-state index < -0.39 is 5.82 Å². The van der Waals surface area contributed by atoms with Gasteiger partial charge < -0.3 is 14.5 Å². The van der Waals surface area contributed by atoms with Crippen LogP contribution in [0.5, 0.6) is 11.5 Å². The smallest absolute Gasteiger partial charge is 0.253 e. The number of nitrogens with zero attached hydrogens (tertiary/aromatic N) is 5. The van der Waals surface area contributed by atoms with E-state index in [2.05, 4.69) is 27.9 Å². The number of hydrogen-bond donors (Lipinski definition) is 0. The third kappa shape index (κ3) is 7.25. The van der Waals surface area contributed by atoms with Crippen LogP contribution >= 0.6 is 11.3 Å². The fraction of sp³-hybridized carbons (Fsp3) is 0.297. The first kappa shape index (κ1) is 31.1. The minimum absolute atomic E-state index is 0.0142. The maximum Gasteiger partial charge on any atom is 0.253 e. The Hall–Kier alpha value is -4.51. The van der Waals surface area contributed by atoms with Crippen molar-refractivity contribution in [3.8, 4) is 22.1 Å². The molecule has 7 rings (SSSR count). The van der Waals surface area contributed by atoms with Crippen molar-refractivity contribution < 1.29 is 18.7 Å². The number of carbonyl (C=O) groups is 2. The fourth-order valence-electron chi connectivity index (χ4n) is 6.15. The number of thiophene rings is 1. The van der Waals surface area contributed by atoms with E-state index in [4.69, 9.17) is 9.72 Å². The summed E-state index contributed by atoms with van der Waals surface area (Å²) in [6, 6.07) is 21.7. The molecule has 0 radical (unpaired) electrons. The van der Waals surface area contributed by atoms with Gasteiger partial charge in [-0.3, -0.25) is 24.5 Å². The van der Waals surface area contributed by atoms with E-state index in [1.165, 1.54) is 23.0 Å². The predicted octanol–water partition coefficient (Wildman–Crippen LogP) is 6.31. The standard InChI is InChI=1S/C37H36FN5O3S/c1-41-13-15-42(16-14-41)22-26-7-9-31(40-21-26)35-20-32-36(47-35)34(11-12-39-32)46-33-10-8-25(19-30(33)38)17-29(44)18-27-23-43(24-27)37(45)28-5-3-2-4-6-28/h2-12,19-21,27H,13-18,22-24H2,1H3. The topological polar surface area (TPSA) is 78.9 Å². The first-order valence-corrected chi connectivity index (χ1v) is 16.8. The molecule has 2 aromatic carbocycles. The zero-order valence-electron chi connectivity index (χ0n) is 26.3. The van der Waals surface area contributed by atoms with Gasteiger partial charge in [-0.15, -0.1) is 11.3 Å². The van der Waals surface area contributed by atoms with Crippen LogP contribution < -0.4 is 4.74 Å². The number of fused-ring (bicyclic) bond motifs is 1. The summed E-state index contributed by atoms with van der Waals surface area (Å²) in [6.45, 7) is 6.29. The van der Waals surface area contributed by atoms with E-state index in [1.807, 2.05) is 36.5 Å². The second kappa shape index (κ2) is 13.7. The molecule has 0 spiro atoms. The Morgan fingerprint density at radius 2 is 1.70 bits per heavy atom. The second-order valence-corrected chi connectivity index (χ2v) is 13.5. The molecular weight excluding hydrogens is 614 g/mol. The number of hydrogen-bond acceptors (Lipinski definition) is 8.